The lowest BCUT2D eigenvalue weighted by molar-refractivity contribution is -0.137. The summed E-state index contributed by atoms with van der Waals surface area (Å²) in [4.78, 5) is 10.6. The van der Waals surface area contributed by atoms with Gasteiger partial charge in [0.05, 0.1) is 0 Å². The van der Waals surface area contributed by atoms with Crippen LogP contribution in [0.2, 0.25) is 0 Å². The molecule has 1 aromatic carbocycles. The monoisotopic (exact) mass is 295 g/mol. The topological polar surface area (TPSA) is 72.6 Å². The highest BCUT2D eigenvalue weighted by Crippen LogP contribution is 2.25. The Morgan fingerprint density at radius 3 is 3.10 bits per heavy atom. The van der Waals surface area contributed by atoms with Crippen LogP contribution in [0.15, 0.2) is 24.3 Å². The van der Waals surface area contributed by atoms with Gasteiger partial charge in [0, 0.05) is 18.2 Å². The van der Waals surface area contributed by atoms with Crippen LogP contribution < -0.4 is 10.5 Å². The molecule has 1 saturated heterocycles. The number of hydrogen-bond donors (Lipinski definition) is 2. The van der Waals surface area contributed by atoms with Crippen molar-refractivity contribution in [1.82, 2.24) is 0 Å². The summed E-state index contributed by atoms with van der Waals surface area (Å²) in [7, 11) is 0. The van der Waals surface area contributed by atoms with E-state index in [1.54, 1.807) is 0 Å². The van der Waals surface area contributed by atoms with E-state index in [0.717, 1.165) is 23.5 Å². The van der Waals surface area contributed by atoms with Gasteiger partial charge in [-0.2, -0.15) is 11.8 Å². The summed E-state index contributed by atoms with van der Waals surface area (Å²) in [5, 5.41) is 8.70. The summed E-state index contributed by atoms with van der Waals surface area (Å²) >= 11 is 1.93. The van der Waals surface area contributed by atoms with Crippen molar-refractivity contribution in [2.75, 3.05) is 11.5 Å². The van der Waals surface area contributed by atoms with Crippen LogP contribution in [0.4, 0.5) is 0 Å². The van der Waals surface area contributed by atoms with Crippen LogP contribution >= 0.6 is 11.8 Å². The number of benzene rings is 1. The normalized spacial score (nSPS) is 20.4. The summed E-state index contributed by atoms with van der Waals surface area (Å²) in [5.41, 5.74) is 6.96. The van der Waals surface area contributed by atoms with E-state index in [4.69, 9.17) is 15.6 Å². The Morgan fingerprint density at radius 1 is 1.55 bits per heavy atom. The van der Waals surface area contributed by atoms with Crippen LogP contribution in [0.25, 0.3) is 0 Å². The zero-order valence-electron chi connectivity index (χ0n) is 11.5. The molecule has 1 aliphatic rings. The quantitative estimate of drug-likeness (QED) is 0.844. The van der Waals surface area contributed by atoms with E-state index < -0.39 is 5.97 Å². The van der Waals surface area contributed by atoms with Crippen LogP contribution in [0.5, 0.6) is 5.75 Å². The summed E-state index contributed by atoms with van der Waals surface area (Å²) < 4.78 is 5.98. The van der Waals surface area contributed by atoms with Gasteiger partial charge in [-0.1, -0.05) is 12.1 Å². The van der Waals surface area contributed by atoms with Crippen molar-refractivity contribution >= 4 is 17.7 Å². The number of carbonyl (C=O) groups is 1. The van der Waals surface area contributed by atoms with Gasteiger partial charge >= 0.3 is 5.97 Å². The third-order valence-electron chi connectivity index (χ3n) is 3.38. The fourth-order valence-electron chi connectivity index (χ4n) is 2.26. The predicted octanol–water partition coefficient (Wildman–Crippen LogP) is 2.83. The predicted molar refractivity (Wildman–Crippen MR) is 81.2 cm³/mol. The van der Waals surface area contributed by atoms with Crippen LogP contribution in [0, 0.1) is 0 Å². The van der Waals surface area contributed by atoms with Crippen molar-refractivity contribution in [2.45, 2.75) is 37.8 Å². The number of rotatable bonds is 6. The first-order chi connectivity index (χ1) is 9.65. The van der Waals surface area contributed by atoms with E-state index >= 15 is 0 Å². The number of hydrogen-bond acceptors (Lipinski definition) is 4. The number of aliphatic carboxylic acids is 1. The molecule has 0 amide bonds. The second kappa shape index (κ2) is 7.55. The molecule has 20 heavy (non-hydrogen) atoms. The molecular weight excluding hydrogens is 274 g/mol. The summed E-state index contributed by atoms with van der Waals surface area (Å²) in [6.07, 6.45) is 3.11. The molecule has 0 bridgehead atoms. The molecule has 4 nitrogen and oxygen atoms in total. The van der Waals surface area contributed by atoms with E-state index in [2.05, 4.69) is 0 Å². The summed E-state index contributed by atoms with van der Waals surface area (Å²) in [5.74, 6) is 2.28. The molecule has 0 saturated carbocycles. The van der Waals surface area contributed by atoms with E-state index in [1.165, 1.54) is 12.2 Å². The number of ether oxygens (including phenoxy) is 1. The standard InChI is InChI=1S/C15H21NO3S/c16-14(6-7-15(17)18)11-3-1-4-12(9-11)19-13-5-2-8-20-10-13/h1,3-4,9,13-14H,2,5-8,10,16H2,(H,17,18). The maximum absolute atomic E-state index is 10.6. The lowest BCUT2D eigenvalue weighted by Gasteiger charge is -2.23. The van der Waals surface area contributed by atoms with Gasteiger partial charge in [0.1, 0.15) is 11.9 Å². The van der Waals surface area contributed by atoms with E-state index in [1.807, 2.05) is 36.0 Å². The Labute approximate surface area is 123 Å². The average Bonchev–Trinajstić information content (AvgIpc) is 2.46. The van der Waals surface area contributed by atoms with Gasteiger partial charge in [-0.3, -0.25) is 4.79 Å². The van der Waals surface area contributed by atoms with Crippen LogP contribution in [-0.2, 0) is 4.79 Å². The SMILES string of the molecule is NC(CCC(=O)O)c1cccc(OC2CCCSC2)c1. The van der Waals surface area contributed by atoms with Gasteiger partial charge in [-0.15, -0.1) is 0 Å². The molecule has 0 spiro atoms. The summed E-state index contributed by atoms with van der Waals surface area (Å²) in [6.45, 7) is 0. The number of carboxylic acid groups (broad SMARTS) is 1. The molecule has 5 heteroatoms. The molecule has 1 heterocycles. The first-order valence-electron chi connectivity index (χ1n) is 6.97. The molecule has 2 unspecified atom stereocenters. The molecule has 0 aliphatic carbocycles. The molecule has 2 atom stereocenters. The fourth-order valence-corrected chi connectivity index (χ4v) is 3.30. The Kier molecular flexibility index (Phi) is 5.73. The largest absolute Gasteiger partial charge is 0.490 e. The molecule has 2 rings (SSSR count). The van der Waals surface area contributed by atoms with Crippen molar-refractivity contribution in [3.05, 3.63) is 29.8 Å². The van der Waals surface area contributed by atoms with Crippen LogP contribution in [-0.4, -0.2) is 28.7 Å². The highest BCUT2D eigenvalue weighted by atomic mass is 32.2. The van der Waals surface area contributed by atoms with E-state index in [0.29, 0.717) is 6.42 Å². The minimum atomic E-state index is -0.813. The molecule has 1 aliphatic heterocycles. The van der Waals surface area contributed by atoms with Crippen molar-refractivity contribution in [3.63, 3.8) is 0 Å². The van der Waals surface area contributed by atoms with Gasteiger partial charge in [0.2, 0.25) is 0 Å². The highest BCUT2D eigenvalue weighted by molar-refractivity contribution is 7.99. The first-order valence-corrected chi connectivity index (χ1v) is 8.12. The zero-order chi connectivity index (χ0) is 14.4. The average molecular weight is 295 g/mol. The number of nitrogens with two attached hydrogens (primary N) is 1. The molecular formula is C15H21NO3S. The summed E-state index contributed by atoms with van der Waals surface area (Å²) in [6, 6.07) is 7.46. The molecule has 0 radical (unpaired) electrons. The third-order valence-corrected chi connectivity index (χ3v) is 4.56. The Hall–Kier alpha value is -1.20. The minimum absolute atomic E-state index is 0.0888. The maximum atomic E-state index is 10.6. The van der Waals surface area contributed by atoms with Gasteiger partial charge in [0.25, 0.3) is 0 Å². The smallest absolute Gasteiger partial charge is 0.303 e. The van der Waals surface area contributed by atoms with E-state index in [-0.39, 0.29) is 18.6 Å². The molecule has 1 fully saturated rings. The molecule has 1 aromatic rings. The second-order valence-corrected chi connectivity index (χ2v) is 6.22. The van der Waals surface area contributed by atoms with Crippen molar-refractivity contribution < 1.29 is 14.6 Å². The number of thioether (sulfide) groups is 1. The van der Waals surface area contributed by atoms with Crippen LogP contribution in [0.1, 0.15) is 37.3 Å². The second-order valence-electron chi connectivity index (χ2n) is 5.07. The Balaban J connectivity index is 1.94. The van der Waals surface area contributed by atoms with Crippen molar-refractivity contribution in [3.8, 4) is 5.75 Å². The Bertz CT molecular complexity index is 446. The van der Waals surface area contributed by atoms with E-state index in [9.17, 15) is 4.79 Å². The Morgan fingerprint density at radius 2 is 2.40 bits per heavy atom. The van der Waals surface area contributed by atoms with Gasteiger partial charge in [-0.25, -0.2) is 0 Å². The van der Waals surface area contributed by atoms with Crippen LogP contribution in [0.3, 0.4) is 0 Å². The zero-order valence-corrected chi connectivity index (χ0v) is 12.3. The molecule has 0 aromatic heterocycles. The lowest BCUT2D eigenvalue weighted by Crippen LogP contribution is -2.23. The number of carboxylic acids is 1. The van der Waals surface area contributed by atoms with Crippen molar-refractivity contribution in [1.29, 1.82) is 0 Å². The molecule has 3 N–H and O–H groups in total. The molecule has 110 valence electrons. The lowest BCUT2D eigenvalue weighted by atomic mass is 10.0. The third kappa shape index (κ3) is 4.72. The van der Waals surface area contributed by atoms with Gasteiger partial charge in [0.15, 0.2) is 0 Å². The fraction of sp³-hybridized carbons (Fsp3) is 0.533. The van der Waals surface area contributed by atoms with Gasteiger partial charge < -0.3 is 15.6 Å². The first kappa shape index (κ1) is 15.2. The minimum Gasteiger partial charge on any atom is -0.490 e. The maximum Gasteiger partial charge on any atom is 0.303 e. The van der Waals surface area contributed by atoms with Gasteiger partial charge in [-0.05, 0) is 42.7 Å². The van der Waals surface area contributed by atoms with Crippen molar-refractivity contribution in [2.24, 2.45) is 5.73 Å². The highest BCUT2D eigenvalue weighted by Gasteiger charge is 2.16.